The lowest BCUT2D eigenvalue weighted by Crippen LogP contribution is -2.38. The van der Waals surface area contributed by atoms with Crippen molar-refractivity contribution >= 4 is 11.6 Å². The summed E-state index contributed by atoms with van der Waals surface area (Å²) in [6, 6.07) is 15.7. The molecule has 3 heteroatoms. The number of hydrogen-bond acceptors (Lipinski definition) is 2. The molecular formula is C15H14N2O. The van der Waals surface area contributed by atoms with Gasteiger partial charge in [0.1, 0.15) is 6.17 Å². The third-order valence-electron chi connectivity index (χ3n) is 3.12. The predicted octanol–water partition coefficient (Wildman–Crippen LogP) is 2.85. The predicted molar refractivity (Wildman–Crippen MR) is 71.5 cm³/mol. The zero-order chi connectivity index (χ0) is 12.5. The van der Waals surface area contributed by atoms with Gasteiger partial charge in [-0.25, -0.2) is 0 Å². The molecule has 2 aromatic carbocycles. The molecule has 0 aliphatic carbocycles. The van der Waals surface area contributed by atoms with E-state index in [0.29, 0.717) is 5.56 Å². The molecule has 3 nitrogen and oxygen atoms in total. The van der Waals surface area contributed by atoms with Crippen molar-refractivity contribution in [1.29, 1.82) is 0 Å². The Bertz CT molecular complexity index is 607. The summed E-state index contributed by atoms with van der Waals surface area (Å²) in [4.78, 5) is 12.0. The van der Waals surface area contributed by atoms with Gasteiger partial charge in [-0.3, -0.25) is 4.79 Å². The minimum Gasteiger partial charge on any atom is -0.361 e. The summed E-state index contributed by atoms with van der Waals surface area (Å²) in [5.74, 6) is -0.0316. The summed E-state index contributed by atoms with van der Waals surface area (Å²) in [5.41, 5.74) is 3.83. The maximum Gasteiger partial charge on any atom is 0.255 e. The summed E-state index contributed by atoms with van der Waals surface area (Å²) in [6.07, 6.45) is -0.160. The van der Waals surface area contributed by atoms with Crippen LogP contribution in [0.2, 0.25) is 0 Å². The topological polar surface area (TPSA) is 41.1 Å². The minimum atomic E-state index is -0.160. The lowest BCUT2D eigenvalue weighted by molar-refractivity contribution is 0.0935. The average Bonchev–Trinajstić information content (AvgIpc) is 2.39. The zero-order valence-electron chi connectivity index (χ0n) is 10.1. The first-order valence-corrected chi connectivity index (χ1v) is 5.97. The molecule has 0 radical (unpaired) electrons. The van der Waals surface area contributed by atoms with Crippen LogP contribution in [0.1, 0.15) is 27.7 Å². The van der Waals surface area contributed by atoms with Crippen LogP contribution in [0.25, 0.3) is 0 Å². The molecule has 0 aromatic heterocycles. The van der Waals surface area contributed by atoms with E-state index in [1.54, 1.807) is 0 Å². The first kappa shape index (κ1) is 10.8. The molecule has 0 bridgehead atoms. The average molecular weight is 238 g/mol. The first-order valence-electron chi connectivity index (χ1n) is 5.97. The number of nitrogens with one attached hydrogen (secondary N) is 2. The third-order valence-corrected chi connectivity index (χ3v) is 3.12. The van der Waals surface area contributed by atoms with Crippen molar-refractivity contribution in [3.63, 3.8) is 0 Å². The first-order chi connectivity index (χ1) is 8.74. The van der Waals surface area contributed by atoms with Crippen molar-refractivity contribution in [2.24, 2.45) is 0 Å². The van der Waals surface area contributed by atoms with Gasteiger partial charge in [0, 0.05) is 5.69 Å². The molecule has 1 aliphatic heterocycles. The lowest BCUT2D eigenvalue weighted by atomic mass is 10.0. The van der Waals surface area contributed by atoms with E-state index >= 15 is 0 Å². The summed E-state index contributed by atoms with van der Waals surface area (Å²) in [7, 11) is 0. The smallest absolute Gasteiger partial charge is 0.255 e. The number of amides is 1. The molecule has 0 saturated carbocycles. The monoisotopic (exact) mass is 238 g/mol. The third kappa shape index (κ3) is 1.84. The van der Waals surface area contributed by atoms with Crippen LogP contribution >= 0.6 is 0 Å². The van der Waals surface area contributed by atoms with E-state index in [9.17, 15) is 4.79 Å². The van der Waals surface area contributed by atoms with Gasteiger partial charge in [-0.05, 0) is 24.6 Å². The van der Waals surface area contributed by atoms with Gasteiger partial charge in [0.15, 0.2) is 0 Å². The Morgan fingerprint density at radius 1 is 1.00 bits per heavy atom. The van der Waals surface area contributed by atoms with Crippen molar-refractivity contribution in [3.05, 3.63) is 65.2 Å². The van der Waals surface area contributed by atoms with Gasteiger partial charge in [0.05, 0.1) is 5.56 Å². The Kier molecular flexibility index (Phi) is 2.52. The molecule has 1 amide bonds. The van der Waals surface area contributed by atoms with E-state index in [1.165, 1.54) is 5.56 Å². The van der Waals surface area contributed by atoms with Gasteiger partial charge in [-0.1, -0.05) is 42.0 Å². The highest BCUT2D eigenvalue weighted by Crippen LogP contribution is 2.26. The van der Waals surface area contributed by atoms with Crippen LogP contribution in [-0.2, 0) is 0 Å². The number of carbonyl (C=O) groups is 1. The Labute approximate surface area is 106 Å². The molecule has 2 N–H and O–H groups in total. The highest BCUT2D eigenvalue weighted by atomic mass is 16.2. The van der Waals surface area contributed by atoms with E-state index in [-0.39, 0.29) is 12.1 Å². The van der Waals surface area contributed by atoms with E-state index in [1.807, 2.05) is 49.4 Å². The van der Waals surface area contributed by atoms with E-state index in [0.717, 1.165) is 11.3 Å². The maximum atomic E-state index is 12.0. The van der Waals surface area contributed by atoms with E-state index in [4.69, 9.17) is 0 Å². The van der Waals surface area contributed by atoms with Gasteiger partial charge >= 0.3 is 0 Å². The number of hydrogen-bond donors (Lipinski definition) is 2. The molecule has 2 aromatic rings. The molecular weight excluding hydrogens is 224 g/mol. The quantitative estimate of drug-likeness (QED) is 0.802. The number of fused-ring (bicyclic) bond motifs is 1. The molecule has 0 unspecified atom stereocenters. The summed E-state index contributed by atoms with van der Waals surface area (Å²) in [5, 5.41) is 6.30. The normalized spacial score (nSPS) is 17.6. The molecule has 0 fully saturated rings. The standard InChI is InChI=1S/C15H14N2O/c1-10-5-4-6-11(9-10)14-16-13-8-3-2-7-12(13)15(18)17-14/h2-9,14,16H,1H3,(H,17,18)/t14-/m1/s1. The summed E-state index contributed by atoms with van der Waals surface area (Å²) >= 11 is 0. The number of rotatable bonds is 1. The van der Waals surface area contributed by atoms with Gasteiger partial charge < -0.3 is 10.6 Å². The van der Waals surface area contributed by atoms with Crippen LogP contribution in [0.4, 0.5) is 5.69 Å². The molecule has 90 valence electrons. The van der Waals surface area contributed by atoms with Crippen LogP contribution in [-0.4, -0.2) is 5.91 Å². The van der Waals surface area contributed by atoms with E-state index < -0.39 is 0 Å². The van der Waals surface area contributed by atoms with E-state index in [2.05, 4.69) is 16.7 Å². The molecule has 1 aliphatic rings. The number of aryl methyl sites for hydroxylation is 1. The Morgan fingerprint density at radius 2 is 1.83 bits per heavy atom. The fourth-order valence-corrected chi connectivity index (χ4v) is 2.22. The highest BCUT2D eigenvalue weighted by molar-refractivity contribution is 6.01. The number of para-hydroxylation sites is 1. The van der Waals surface area contributed by atoms with Crippen molar-refractivity contribution in [1.82, 2.24) is 5.32 Å². The molecule has 0 saturated heterocycles. The zero-order valence-corrected chi connectivity index (χ0v) is 10.1. The van der Waals surface area contributed by atoms with Crippen LogP contribution in [0.15, 0.2) is 48.5 Å². The molecule has 0 spiro atoms. The van der Waals surface area contributed by atoms with Crippen molar-refractivity contribution in [3.8, 4) is 0 Å². The molecule has 18 heavy (non-hydrogen) atoms. The van der Waals surface area contributed by atoms with Gasteiger partial charge in [0.25, 0.3) is 5.91 Å². The van der Waals surface area contributed by atoms with Gasteiger partial charge in [0.2, 0.25) is 0 Å². The second kappa shape index (κ2) is 4.18. The van der Waals surface area contributed by atoms with Gasteiger partial charge in [-0.2, -0.15) is 0 Å². The Morgan fingerprint density at radius 3 is 2.67 bits per heavy atom. The second-order valence-electron chi connectivity index (χ2n) is 4.51. The van der Waals surface area contributed by atoms with Crippen molar-refractivity contribution in [2.75, 3.05) is 5.32 Å². The summed E-state index contributed by atoms with van der Waals surface area (Å²) < 4.78 is 0. The molecule has 1 heterocycles. The van der Waals surface area contributed by atoms with Crippen LogP contribution in [0.3, 0.4) is 0 Å². The van der Waals surface area contributed by atoms with Crippen LogP contribution in [0, 0.1) is 6.92 Å². The minimum absolute atomic E-state index is 0.0316. The molecule has 1 atom stereocenters. The number of benzene rings is 2. The Hall–Kier alpha value is -2.29. The Balaban J connectivity index is 1.97. The SMILES string of the molecule is Cc1cccc([C@H]2NC(=O)c3ccccc3N2)c1. The number of carbonyl (C=O) groups excluding carboxylic acids is 1. The largest absolute Gasteiger partial charge is 0.361 e. The number of anilines is 1. The fraction of sp³-hybridized carbons (Fsp3) is 0.133. The van der Waals surface area contributed by atoms with Crippen molar-refractivity contribution < 1.29 is 4.79 Å². The van der Waals surface area contributed by atoms with Crippen LogP contribution in [0.5, 0.6) is 0 Å². The lowest BCUT2D eigenvalue weighted by Gasteiger charge is -2.28. The maximum absolute atomic E-state index is 12.0. The van der Waals surface area contributed by atoms with Gasteiger partial charge in [-0.15, -0.1) is 0 Å². The highest BCUT2D eigenvalue weighted by Gasteiger charge is 2.23. The fourth-order valence-electron chi connectivity index (χ4n) is 2.22. The molecule has 3 rings (SSSR count). The van der Waals surface area contributed by atoms with Crippen molar-refractivity contribution in [2.45, 2.75) is 13.1 Å². The van der Waals surface area contributed by atoms with Crippen LogP contribution < -0.4 is 10.6 Å². The second-order valence-corrected chi connectivity index (χ2v) is 4.51. The summed E-state index contributed by atoms with van der Waals surface area (Å²) in [6.45, 7) is 2.04.